The molecular weight excluding hydrogens is 147 g/mol. The van der Waals surface area contributed by atoms with Gasteiger partial charge < -0.3 is 0 Å². The summed E-state index contributed by atoms with van der Waals surface area (Å²) in [7, 11) is 0. The maximum Gasteiger partial charge on any atom is 0.0894 e. The van der Waals surface area contributed by atoms with Crippen LogP contribution in [0.1, 0.15) is 38.5 Å². The molecule has 0 atom stereocenters. The van der Waals surface area contributed by atoms with Crippen LogP contribution in [0.15, 0.2) is 0 Å². The van der Waals surface area contributed by atoms with Crippen LogP contribution in [-0.4, -0.2) is 12.4 Å². The minimum Gasteiger partial charge on any atom is -0.251 e. The van der Waals surface area contributed by atoms with E-state index in [0.29, 0.717) is 0 Å². The highest BCUT2D eigenvalue weighted by Crippen LogP contribution is 2.05. The van der Waals surface area contributed by atoms with Gasteiger partial charge in [0.1, 0.15) is 0 Å². The van der Waals surface area contributed by atoms with Gasteiger partial charge in [0, 0.05) is 0 Å². The third kappa shape index (κ3) is 8.28. The number of alkyl halides is 1. The van der Waals surface area contributed by atoms with Crippen LogP contribution >= 0.6 is 12.6 Å². The zero-order valence-corrected chi connectivity index (χ0v) is 7.38. The average Bonchev–Trinajstić information content (AvgIpc) is 1.97. The standard InChI is InChI=1S/C8H17FS/c9-7-5-3-1-2-4-6-8-10/h10H,1-8H2. The molecule has 0 bridgehead atoms. The number of thiol groups is 1. The van der Waals surface area contributed by atoms with E-state index in [0.717, 1.165) is 18.6 Å². The van der Waals surface area contributed by atoms with Gasteiger partial charge in [0.15, 0.2) is 0 Å². The molecular formula is C8H17FS. The van der Waals surface area contributed by atoms with Gasteiger partial charge in [-0.15, -0.1) is 0 Å². The van der Waals surface area contributed by atoms with Crippen LogP contribution < -0.4 is 0 Å². The second-order valence-electron chi connectivity index (χ2n) is 2.53. The lowest BCUT2D eigenvalue weighted by atomic mass is 10.1. The van der Waals surface area contributed by atoms with Crippen LogP contribution in [0.3, 0.4) is 0 Å². The second kappa shape index (κ2) is 9.28. The first-order valence-corrected chi connectivity index (χ1v) is 4.72. The molecule has 0 aliphatic heterocycles. The van der Waals surface area contributed by atoms with Crippen molar-refractivity contribution in [3.63, 3.8) is 0 Å². The van der Waals surface area contributed by atoms with Crippen molar-refractivity contribution in [3.05, 3.63) is 0 Å². The molecule has 0 N–H and O–H groups in total. The van der Waals surface area contributed by atoms with E-state index in [4.69, 9.17) is 0 Å². The van der Waals surface area contributed by atoms with Gasteiger partial charge in [-0.3, -0.25) is 4.39 Å². The molecule has 0 aliphatic rings. The molecule has 0 saturated carbocycles. The molecule has 0 saturated heterocycles. The van der Waals surface area contributed by atoms with Gasteiger partial charge in [-0.05, 0) is 18.6 Å². The van der Waals surface area contributed by atoms with Gasteiger partial charge in [-0.1, -0.05) is 25.7 Å². The van der Waals surface area contributed by atoms with Gasteiger partial charge in [0.05, 0.1) is 6.67 Å². The van der Waals surface area contributed by atoms with Crippen molar-refractivity contribution in [2.45, 2.75) is 38.5 Å². The topological polar surface area (TPSA) is 0 Å². The third-order valence-electron chi connectivity index (χ3n) is 1.54. The fraction of sp³-hybridized carbons (Fsp3) is 1.00. The van der Waals surface area contributed by atoms with Crippen LogP contribution in [0.2, 0.25) is 0 Å². The summed E-state index contributed by atoms with van der Waals surface area (Å²) in [5.41, 5.74) is 0. The smallest absolute Gasteiger partial charge is 0.0894 e. The highest BCUT2D eigenvalue weighted by atomic mass is 32.1. The van der Waals surface area contributed by atoms with Crippen molar-refractivity contribution in [1.29, 1.82) is 0 Å². The molecule has 0 aliphatic carbocycles. The first-order valence-electron chi connectivity index (χ1n) is 4.08. The van der Waals surface area contributed by atoms with Crippen molar-refractivity contribution in [2.24, 2.45) is 0 Å². The molecule has 0 spiro atoms. The Balaban J connectivity index is 2.65. The third-order valence-corrected chi connectivity index (χ3v) is 1.86. The summed E-state index contributed by atoms with van der Waals surface area (Å²) in [6.07, 6.45) is 6.72. The molecule has 0 rings (SSSR count). The number of halogens is 1. The molecule has 0 aromatic rings. The number of hydrogen-bond donors (Lipinski definition) is 1. The van der Waals surface area contributed by atoms with Crippen molar-refractivity contribution in [3.8, 4) is 0 Å². The van der Waals surface area contributed by atoms with E-state index in [1.165, 1.54) is 25.7 Å². The van der Waals surface area contributed by atoms with Crippen LogP contribution in [0.25, 0.3) is 0 Å². The lowest BCUT2D eigenvalue weighted by molar-refractivity contribution is 0.451. The Labute approximate surface area is 68.6 Å². The normalized spacial score (nSPS) is 10.2. The van der Waals surface area contributed by atoms with E-state index < -0.39 is 0 Å². The van der Waals surface area contributed by atoms with Gasteiger partial charge >= 0.3 is 0 Å². The van der Waals surface area contributed by atoms with Crippen LogP contribution in [-0.2, 0) is 0 Å². The van der Waals surface area contributed by atoms with Crippen molar-refractivity contribution in [2.75, 3.05) is 12.4 Å². The summed E-state index contributed by atoms with van der Waals surface area (Å²) in [5, 5.41) is 0. The number of unbranched alkanes of at least 4 members (excludes halogenated alkanes) is 5. The Morgan fingerprint density at radius 3 is 1.80 bits per heavy atom. The van der Waals surface area contributed by atoms with E-state index in [9.17, 15) is 4.39 Å². The molecule has 0 heterocycles. The summed E-state index contributed by atoms with van der Waals surface area (Å²) >= 11 is 4.10. The van der Waals surface area contributed by atoms with E-state index in [2.05, 4.69) is 12.6 Å². The molecule has 0 aromatic heterocycles. The lowest BCUT2D eigenvalue weighted by Crippen LogP contribution is -1.81. The van der Waals surface area contributed by atoms with E-state index in [-0.39, 0.29) is 6.67 Å². The van der Waals surface area contributed by atoms with E-state index in [1.807, 2.05) is 0 Å². The van der Waals surface area contributed by atoms with Gasteiger partial charge in [0.2, 0.25) is 0 Å². The molecule has 0 aromatic carbocycles. The molecule has 10 heavy (non-hydrogen) atoms. The molecule has 62 valence electrons. The predicted octanol–water partition coefficient (Wildman–Crippen LogP) is 3.23. The quantitative estimate of drug-likeness (QED) is 0.433. The monoisotopic (exact) mass is 164 g/mol. The maximum absolute atomic E-state index is 11.6. The van der Waals surface area contributed by atoms with Crippen molar-refractivity contribution < 1.29 is 4.39 Å². The Kier molecular flexibility index (Phi) is 9.54. The van der Waals surface area contributed by atoms with Crippen LogP contribution in [0.4, 0.5) is 4.39 Å². The summed E-state index contributed by atoms with van der Waals surface area (Å²) in [4.78, 5) is 0. The zero-order chi connectivity index (χ0) is 7.66. The largest absolute Gasteiger partial charge is 0.251 e. The van der Waals surface area contributed by atoms with Crippen LogP contribution in [0.5, 0.6) is 0 Å². The zero-order valence-electron chi connectivity index (χ0n) is 6.48. The SMILES string of the molecule is FCCCCCCCCS. The minimum absolute atomic E-state index is 0.146. The van der Waals surface area contributed by atoms with Gasteiger partial charge in [0.25, 0.3) is 0 Å². The predicted molar refractivity (Wildman–Crippen MR) is 47.5 cm³/mol. The Morgan fingerprint density at radius 1 is 0.800 bits per heavy atom. The second-order valence-corrected chi connectivity index (χ2v) is 2.98. The summed E-state index contributed by atoms with van der Waals surface area (Å²) < 4.78 is 11.6. The highest BCUT2D eigenvalue weighted by molar-refractivity contribution is 7.80. The Morgan fingerprint density at radius 2 is 1.30 bits per heavy atom. The first-order chi connectivity index (χ1) is 4.91. The first kappa shape index (κ1) is 10.3. The van der Waals surface area contributed by atoms with Crippen LogP contribution in [0, 0.1) is 0 Å². The molecule has 2 heteroatoms. The summed E-state index contributed by atoms with van der Waals surface area (Å²) in [6.45, 7) is -0.146. The molecule has 0 nitrogen and oxygen atoms in total. The van der Waals surface area contributed by atoms with Gasteiger partial charge in [-0.25, -0.2) is 0 Å². The summed E-state index contributed by atoms with van der Waals surface area (Å²) in [5.74, 6) is 0.989. The molecule has 0 fully saturated rings. The minimum atomic E-state index is -0.146. The summed E-state index contributed by atoms with van der Waals surface area (Å²) in [6, 6.07) is 0. The van der Waals surface area contributed by atoms with Crippen molar-refractivity contribution >= 4 is 12.6 Å². The fourth-order valence-electron chi connectivity index (χ4n) is 0.913. The number of hydrogen-bond acceptors (Lipinski definition) is 1. The molecule has 0 amide bonds. The van der Waals surface area contributed by atoms with E-state index >= 15 is 0 Å². The maximum atomic E-state index is 11.6. The fourth-order valence-corrected chi connectivity index (χ4v) is 1.14. The lowest BCUT2D eigenvalue weighted by Gasteiger charge is -1.96. The Hall–Kier alpha value is 0.280. The molecule has 0 unspecified atom stereocenters. The van der Waals surface area contributed by atoms with Crippen molar-refractivity contribution in [1.82, 2.24) is 0 Å². The number of rotatable bonds is 7. The van der Waals surface area contributed by atoms with Gasteiger partial charge in [-0.2, -0.15) is 12.6 Å². The van der Waals surface area contributed by atoms with E-state index in [1.54, 1.807) is 0 Å². The Bertz CT molecular complexity index is 49.2. The highest BCUT2D eigenvalue weighted by Gasteiger charge is 1.88. The average molecular weight is 164 g/mol. The molecule has 0 radical (unpaired) electrons.